The quantitative estimate of drug-likeness (QED) is 0.206. The molecule has 0 saturated heterocycles. The number of carbonyl (C=O) groups excluding carboxylic acids is 1. The van der Waals surface area contributed by atoms with Crippen molar-refractivity contribution in [2.75, 3.05) is 6.61 Å². The Morgan fingerprint density at radius 1 is 1.26 bits per heavy atom. The molecule has 126 valence electrons. The number of rotatable bonds is 10. The fourth-order valence-electron chi connectivity index (χ4n) is 2.07. The Labute approximate surface area is 152 Å². The molecule has 0 amide bonds. The third kappa shape index (κ3) is 8.79. The van der Waals surface area contributed by atoms with Crippen LogP contribution in [-0.4, -0.2) is 12.6 Å². The Hall–Kier alpha value is -1.30. The van der Waals surface area contributed by atoms with Crippen LogP contribution < -0.4 is 4.74 Å². The normalized spacial score (nSPS) is 12.7. The fourth-order valence-corrected chi connectivity index (χ4v) is 2.22. The monoisotopic (exact) mass is 428 g/mol. The van der Waals surface area contributed by atoms with E-state index >= 15 is 0 Å². The minimum Gasteiger partial charge on any atom is -0.465 e. The number of carbonyl (C=O) groups is 1. The standard InChI is InChI=1S/C19H25IO3/c1-3-5-6-16(4-2)15-23-19(21)12-9-17-7-10-18(11-8-17)22-14-13-20/h7-14,16H,3-6,15H2,1-2H3/b12-9+,14-13+. The number of esters is 1. The van der Waals surface area contributed by atoms with Crippen molar-refractivity contribution in [2.24, 2.45) is 5.92 Å². The van der Waals surface area contributed by atoms with E-state index in [4.69, 9.17) is 9.47 Å². The van der Waals surface area contributed by atoms with E-state index in [1.165, 1.54) is 18.9 Å². The Bertz CT molecular complexity index is 506. The zero-order valence-corrected chi connectivity index (χ0v) is 16.0. The molecule has 0 N–H and O–H groups in total. The van der Waals surface area contributed by atoms with Crippen LogP contribution in [0.5, 0.6) is 5.75 Å². The maximum absolute atomic E-state index is 11.8. The van der Waals surface area contributed by atoms with Gasteiger partial charge in [0.2, 0.25) is 0 Å². The summed E-state index contributed by atoms with van der Waals surface area (Å²) in [7, 11) is 0. The molecule has 23 heavy (non-hydrogen) atoms. The van der Waals surface area contributed by atoms with Crippen molar-refractivity contribution in [3.05, 3.63) is 46.2 Å². The number of halogens is 1. The molecule has 0 heterocycles. The van der Waals surface area contributed by atoms with Crippen molar-refractivity contribution in [1.82, 2.24) is 0 Å². The van der Waals surface area contributed by atoms with Gasteiger partial charge in [-0.25, -0.2) is 4.79 Å². The van der Waals surface area contributed by atoms with Gasteiger partial charge in [-0.2, -0.15) is 0 Å². The molecule has 0 aliphatic rings. The molecule has 0 radical (unpaired) electrons. The molecule has 0 fully saturated rings. The van der Waals surface area contributed by atoms with Gasteiger partial charge in [0.15, 0.2) is 0 Å². The van der Waals surface area contributed by atoms with Crippen molar-refractivity contribution in [2.45, 2.75) is 39.5 Å². The van der Waals surface area contributed by atoms with Gasteiger partial charge in [0.05, 0.1) is 12.9 Å². The summed E-state index contributed by atoms with van der Waals surface area (Å²) in [6.07, 6.45) is 9.39. The molecule has 0 saturated carbocycles. The summed E-state index contributed by atoms with van der Waals surface area (Å²) < 4.78 is 12.5. The first kappa shape index (κ1) is 19.7. The molecule has 0 spiro atoms. The lowest BCUT2D eigenvalue weighted by Gasteiger charge is -2.13. The van der Waals surface area contributed by atoms with E-state index in [0.717, 1.165) is 24.2 Å². The van der Waals surface area contributed by atoms with Crippen molar-refractivity contribution in [3.63, 3.8) is 0 Å². The maximum Gasteiger partial charge on any atom is 0.330 e. The summed E-state index contributed by atoms with van der Waals surface area (Å²) in [5.41, 5.74) is 0.936. The fraction of sp³-hybridized carbons (Fsp3) is 0.421. The lowest BCUT2D eigenvalue weighted by Crippen LogP contribution is -2.12. The van der Waals surface area contributed by atoms with Crippen LogP contribution in [-0.2, 0) is 9.53 Å². The Kier molecular flexibility index (Phi) is 10.4. The zero-order valence-electron chi connectivity index (χ0n) is 13.8. The zero-order chi connectivity index (χ0) is 16.9. The van der Waals surface area contributed by atoms with E-state index in [1.54, 1.807) is 16.4 Å². The maximum atomic E-state index is 11.8. The second-order valence-electron chi connectivity index (χ2n) is 5.33. The Balaban J connectivity index is 2.42. The van der Waals surface area contributed by atoms with Gasteiger partial charge in [-0.3, -0.25) is 0 Å². The molecule has 0 aromatic heterocycles. The van der Waals surface area contributed by atoms with E-state index < -0.39 is 0 Å². The predicted octanol–water partition coefficient (Wildman–Crippen LogP) is 5.74. The van der Waals surface area contributed by atoms with Gasteiger partial charge in [-0.05, 0) is 58.7 Å². The van der Waals surface area contributed by atoms with Crippen LogP contribution in [0.4, 0.5) is 0 Å². The number of unbranched alkanes of at least 4 members (excludes halogenated alkanes) is 1. The average molecular weight is 428 g/mol. The lowest BCUT2D eigenvalue weighted by molar-refractivity contribution is -0.139. The predicted molar refractivity (Wildman–Crippen MR) is 104 cm³/mol. The molecule has 0 aliphatic heterocycles. The molecule has 4 heteroatoms. The van der Waals surface area contributed by atoms with E-state index in [-0.39, 0.29) is 5.97 Å². The molecule has 1 atom stereocenters. The first-order valence-corrected chi connectivity index (χ1v) is 9.30. The van der Waals surface area contributed by atoms with Crippen molar-refractivity contribution in [1.29, 1.82) is 0 Å². The van der Waals surface area contributed by atoms with Crippen LogP contribution in [0, 0.1) is 5.92 Å². The minimum atomic E-state index is -0.284. The summed E-state index contributed by atoms with van der Waals surface area (Å²) in [4.78, 5) is 11.8. The second-order valence-corrected chi connectivity index (χ2v) is 6.05. The van der Waals surface area contributed by atoms with E-state index in [1.807, 2.05) is 24.3 Å². The number of hydrogen-bond donors (Lipinski definition) is 0. The molecule has 1 unspecified atom stereocenters. The summed E-state index contributed by atoms with van der Waals surface area (Å²) in [6, 6.07) is 7.52. The SMILES string of the molecule is CCCCC(CC)COC(=O)/C=C/c1ccc(O/C=C/I)cc1. The van der Waals surface area contributed by atoms with Gasteiger partial charge in [0.25, 0.3) is 0 Å². The lowest BCUT2D eigenvalue weighted by atomic mass is 10.0. The van der Waals surface area contributed by atoms with Gasteiger partial charge in [-0.1, -0.05) is 45.2 Å². The summed E-state index contributed by atoms with van der Waals surface area (Å²) >= 11 is 2.10. The van der Waals surface area contributed by atoms with E-state index in [0.29, 0.717) is 12.5 Å². The van der Waals surface area contributed by atoms with Crippen molar-refractivity contribution >= 4 is 34.6 Å². The molecule has 1 aromatic carbocycles. The van der Waals surface area contributed by atoms with Crippen molar-refractivity contribution in [3.8, 4) is 5.75 Å². The highest BCUT2D eigenvalue weighted by Gasteiger charge is 2.08. The summed E-state index contributed by atoms with van der Waals surface area (Å²) in [6.45, 7) is 4.83. The van der Waals surface area contributed by atoms with Crippen LogP contribution in [0.3, 0.4) is 0 Å². The Morgan fingerprint density at radius 3 is 2.61 bits per heavy atom. The first-order valence-electron chi connectivity index (χ1n) is 8.06. The average Bonchev–Trinajstić information content (AvgIpc) is 2.59. The van der Waals surface area contributed by atoms with Gasteiger partial charge >= 0.3 is 5.97 Å². The van der Waals surface area contributed by atoms with Crippen LogP contribution in [0.25, 0.3) is 6.08 Å². The molecule has 1 rings (SSSR count). The number of ether oxygens (including phenoxy) is 2. The highest BCUT2D eigenvalue weighted by Crippen LogP contribution is 2.15. The second kappa shape index (κ2) is 12.2. The summed E-state index contributed by atoms with van der Waals surface area (Å²) in [5, 5.41) is 0. The highest BCUT2D eigenvalue weighted by molar-refractivity contribution is 14.1. The molecule has 0 bridgehead atoms. The smallest absolute Gasteiger partial charge is 0.330 e. The first-order chi connectivity index (χ1) is 11.2. The number of hydrogen-bond acceptors (Lipinski definition) is 3. The van der Waals surface area contributed by atoms with Gasteiger partial charge in [-0.15, -0.1) is 0 Å². The van der Waals surface area contributed by atoms with Crippen LogP contribution in [0.15, 0.2) is 40.7 Å². The van der Waals surface area contributed by atoms with Gasteiger partial charge < -0.3 is 9.47 Å². The van der Waals surface area contributed by atoms with Crippen LogP contribution >= 0.6 is 22.6 Å². The van der Waals surface area contributed by atoms with Crippen molar-refractivity contribution < 1.29 is 14.3 Å². The third-order valence-corrected chi connectivity index (χ3v) is 3.85. The third-order valence-electron chi connectivity index (χ3n) is 3.55. The van der Waals surface area contributed by atoms with E-state index in [2.05, 4.69) is 36.4 Å². The van der Waals surface area contributed by atoms with Gasteiger partial charge in [0, 0.05) is 10.2 Å². The minimum absolute atomic E-state index is 0.284. The molecular weight excluding hydrogens is 403 g/mol. The highest BCUT2D eigenvalue weighted by atomic mass is 127. The largest absolute Gasteiger partial charge is 0.465 e. The molecular formula is C19H25IO3. The molecule has 1 aromatic rings. The van der Waals surface area contributed by atoms with Crippen LogP contribution in [0.2, 0.25) is 0 Å². The Morgan fingerprint density at radius 2 is 2.00 bits per heavy atom. The molecule has 3 nitrogen and oxygen atoms in total. The van der Waals surface area contributed by atoms with E-state index in [9.17, 15) is 4.79 Å². The topological polar surface area (TPSA) is 35.5 Å². The van der Waals surface area contributed by atoms with Crippen LogP contribution in [0.1, 0.15) is 45.1 Å². The summed E-state index contributed by atoms with van der Waals surface area (Å²) in [5.74, 6) is 0.946. The molecule has 0 aliphatic carbocycles. The number of benzene rings is 1. The van der Waals surface area contributed by atoms with Gasteiger partial charge in [0.1, 0.15) is 5.75 Å².